The molecule has 0 bridgehead atoms. The molecule has 3 aromatic rings. The van der Waals surface area contributed by atoms with Crippen LogP contribution in [0.5, 0.6) is 0 Å². The molecule has 230 valence electrons. The highest BCUT2D eigenvalue weighted by molar-refractivity contribution is 7.98. The number of rotatable bonds is 17. The molecule has 0 radical (unpaired) electrons. The number of benzene rings is 2. The number of para-hydroxylation sites is 1. The van der Waals surface area contributed by atoms with Gasteiger partial charge in [-0.15, -0.1) is 0 Å². The number of nitrogens with two attached hydrogens (primary N) is 1. The van der Waals surface area contributed by atoms with Crippen molar-refractivity contribution in [1.82, 2.24) is 20.9 Å². The predicted molar refractivity (Wildman–Crippen MR) is 163 cm³/mol. The monoisotopic (exact) mass is 611 g/mol. The van der Waals surface area contributed by atoms with Gasteiger partial charge in [0.15, 0.2) is 0 Å². The maximum absolute atomic E-state index is 13.4. The van der Waals surface area contributed by atoms with Crippen molar-refractivity contribution < 1.29 is 34.2 Å². The fourth-order valence-corrected chi connectivity index (χ4v) is 5.01. The van der Waals surface area contributed by atoms with E-state index < -0.39 is 60.2 Å². The number of nitrogens with one attached hydrogen (secondary N) is 4. The van der Waals surface area contributed by atoms with Gasteiger partial charge in [-0.2, -0.15) is 11.8 Å². The lowest BCUT2D eigenvalue weighted by atomic mass is 10.0. The molecule has 43 heavy (non-hydrogen) atoms. The Morgan fingerprint density at radius 3 is 2.12 bits per heavy atom. The number of carboxylic acid groups (broad SMARTS) is 2. The second kappa shape index (κ2) is 16.3. The van der Waals surface area contributed by atoms with Crippen molar-refractivity contribution in [2.45, 2.75) is 56.3 Å². The first kappa shape index (κ1) is 33.1. The quantitative estimate of drug-likeness (QED) is 0.118. The largest absolute Gasteiger partial charge is 0.481 e. The van der Waals surface area contributed by atoms with Crippen LogP contribution in [0.3, 0.4) is 0 Å². The van der Waals surface area contributed by atoms with Gasteiger partial charge >= 0.3 is 11.9 Å². The van der Waals surface area contributed by atoms with E-state index in [2.05, 4.69) is 20.9 Å². The summed E-state index contributed by atoms with van der Waals surface area (Å²) in [6, 6.07) is 11.6. The molecule has 8 N–H and O–H groups in total. The van der Waals surface area contributed by atoms with E-state index in [0.29, 0.717) is 11.3 Å². The van der Waals surface area contributed by atoms with Gasteiger partial charge in [0.1, 0.15) is 18.1 Å². The number of amides is 3. The Hall–Kier alpha value is -4.36. The summed E-state index contributed by atoms with van der Waals surface area (Å²) in [5.41, 5.74) is 8.57. The van der Waals surface area contributed by atoms with E-state index in [-0.39, 0.29) is 25.7 Å². The van der Waals surface area contributed by atoms with Crippen LogP contribution in [0, 0.1) is 0 Å². The smallest absolute Gasteiger partial charge is 0.326 e. The molecule has 3 amide bonds. The maximum atomic E-state index is 13.4. The molecule has 2 aromatic carbocycles. The Labute approximate surface area is 253 Å². The number of carboxylic acids is 2. The summed E-state index contributed by atoms with van der Waals surface area (Å²) in [5.74, 6) is -4.06. The number of H-pyrrole nitrogens is 1. The summed E-state index contributed by atoms with van der Waals surface area (Å²) in [6.45, 7) is 0. The zero-order chi connectivity index (χ0) is 31.4. The summed E-state index contributed by atoms with van der Waals surface area (Å²) in [5, 5.41) is 27.4. The summed E-state index contributed by atoms with van der Waals surface area (Å²) >= 11 is 1.43. The SMILES string of the molecule is CSCCC(NC(=O)C(Cc1ccccc1)NC(=O)C(CCC(=O)O)NC(=O)C(N)Cc1c[nH]c2ccccc12)C(=O)O. The second-order valence-corrected chi connectivity index (χ2v) is 11.1. The number of aliphatic carboxylic acids is 2. The summed E-state index contributed by atoms with van der Waals surface area (Å²) in [4.78, 5) is 66.0. The zero-order valence-corrected chi connectivity index (χ0v) is 24.6. The summed E-state index contributed by atoms with van der Waals surface area (Å²) < 4.78 is 0. The van der Waals surface area contributed by atoms with E-state index >= 15 is 0 Å². The third kappa shape index (κ3) is 10.1. The van der Waals surface area contributed by atoms with Crippen molar-refractivity contribution >= 4 is 52.3 Å². The Morgan fingerprint density at radius 1 is 0.814 bits per heavy atom. The fourth-order valence-electron chi connectivity index (χ4n) is 4.54. The third-order valence-electron chi connectivity index (χ3n) is 6.87. The Morgan fingerprint density at radius 2 is 1.44 bits per heavy atom. The van der Waals surface area contributed by atoms with Crippen LogP contribution < -0.4 is 21.7 Å². The number of thioether (sulfide) groups is 1. The zero-order valence-electron chi connectivity index (χ0n) is 23.7. The van der Waals surface area contributed by atoms with Gasteiger partial charge in [0.05, 0.1) is 6.04 Å². The van der Waals surface area contributed by atoms with Crippen LogP contribution >= 0.6 is 11.8 Å². The van der Waals surface area contributed by atoms with E-state index in [0.717, 1.165) is 16.5 Å². The molecule has 0 fully saturated rings. The van der Waals surface area contributed by atoms with E-state index in [4.69, 9.17) is 5.73 Å². The van der Waals surface area contributed by atoms with Gasteiger partial charge < -0.3 is 36.9 Å². The van der Waals surface area contributed by atoms with Crippen LogP contribution in [0.1, 0.15) is 30.4 Å². The first-order chi connectivity index (χ1) is 20.6. The minimum Gasteiger partial charge on any atom is -0.481 e. The Kier molecular flexibility index (Phi) is 12.6. The minimum absolute atomic E-state index is 0.0347. The van der Waals surface area contributed by atoms with Gasteiger partial charge in [0.25, 0.3) is 0 Å². The molecule has 0 aliphatic carbocycles. The predicted octanol–water partition coefficient (Wildman–Crippen LogP) is 1.44. The summed E-state index contributed by atoms with van der Waals surface area (Å²) in [7, 11) is 0. The topological polar surface area (TPSA) is 204 Å². The molecular weight excluding hydrogens is 574 g/mol. The minimum atomic E-state index is -1.31. The number of carbonyl (C=O) groups is 5. The highest BCUT2D eigenvalue weighted by Gasteiger charge is 2.31. The molecule has 0 saturated carbocycles. The van der Waals surface area contributed by atoms with E-state index in [1.54, 1.807) is 36.5 Å². The highest BCUT2D eigenvalue weighted by Crippen LogP contribution is 2.19. The number of carbonyl (C=O) groups excluding carboxylic acids is 3. The number of hydrogen-bond donors (Lipinski definition) is 7. The van der Waals surface area contributed by atoms with Crippen molar-refractivity contribution in [3.63, 3.8) is 0 Å². The molecule has 3 rings (SSSR count). The van der Waals surface area contributed by atoms with Crippen LogP contribution in [0.15, 0.2) is 60.8 Å². The molecule has 12 nitrogen and oxygen atoms in total. The number of fused-ring (bicyclic) bond motifs is 1. The van der Waals surface area contributed by atoms with Gasteiger partial charge in [-0.25, -0.2) is 4.79 Å². The van der Waals surface area contributed by atoms with Gasteiger partial charge in [-0.3, -0.25) is 19.2 Å². The molecule has 1 aromatic heterocycles. The Balaban J connectivity index is 1.76. The molecule has 0 aliphatic rings. The van der Waals surface area contributed by atoms with Gasteiger partial charge in [-0.1, -0.05) is 48.5 Å². The standard InChI is InChI=1S/C30H37N5O7S/c1-43-14-13-24(30(41)42)34-29(40)25(15-18-7-3-2-4-8-18)35-28(39)23(11-12-26(36)37)33-27(38)21(31)16-19-17-32-22-10-6-5-9-20(19)22/h2-10,17,21,23-25,32H,11-16,31H2,1H3,(H,33,38)(H,34,40)(H,35,39)(H,36,37)(H,41,42). The average Bonchev–Trinajstić information content (AvgIpc) is 3.39. The molecule has 0 aliphatic heterocycles. The average molecular weight is 612 g/mol. The molecular formula is C30H37N5O7S. The lowest BCUT2D eigenvalue weighted by Crippen LogP contribution is -2.57. The third-order valence-corrected chi connectivity index (χ3v) is 7.52. The first-order valence-corrected chi connectivity index (χ1v) is 15.2. The van der Waals surface area contributed by atoms with Gasteiger partial charge in [0.2, 0.25) is 17.7 Å². The highest BCUT2D eigenvalue weighted by atomic mass is 32.2. The summed E-state index contributed by atoms with van der Waals surface area (Å²) in [6.07, 6.45) is 3.26. The van der Waals surface area contributed by atoms with Crippen LogP contribution in [0.25, 0.3) is 10.9 Å². The van der Waals surface area contributed by atoms with Crippen LogP contribution in [-0.2, 0) is 36.8 Å². The van der Waals surface area contributed by atoms with Crippen LogP contribution in [0.4, 0.5) is 0 Å². The van der Waals surface area contributed by atoms with Gasteiger partial charge in [-0.05, 0) is 48.5 Å². The lowest BCUT2D eigenvalue weighted by molar-refractivity contribution is -0.142. The number of aromatic nitrogens is 1. The van der Waals surface area contributed by atoms with Crippen molar-refractivity contribution in [2.75, 3.05) is 12.0 Å². The van der Waals surface area contributed by atoms with E-state index in [1.807, 2.05) is 30.5 Å². The first-order valence-electron chi connectivity index (χ1n) is 13.8. The van der Waals surface area contributed by atoms with Crippen molar-refractivity contribution in [1.29, 1.82) is 0 Å². The fraction of sp³-hybridized carbons (Fsp3) is 0.367. The Bertz CT molecular complexity index is 1410. The van der Waals surface area contributed by atoms with E-state index in [9.17, 15) is 34.2 Å². The van der Waals surface area contributed by atoms with Crippen molar-refractivity contribution in [3.8, 4) is 0 Å². The number of aromatic amines is 1. The van der Waals surface area contributed by atoms with Crippen LogP contribution in [-0.4, -0.2) is 81.0 Å². The number of hydrogen-bond acceptors (Lipinski definition) is 7. The second-order valence-electron chi connectivity index (χ2n) is 10.1. The molecule has 1 heterocycles. The molecule has 13 heteroatoms. The molecule has 0 saturated heterocycles. The van der Waals surface area contributed by atoms with Crippen molar-refractivity contribution in [3.05, 3.63) is 71.9 Å². The molecule has 0 spiro atoms. The molecule has 4 atom stereocenters. The maximum Gasteiger partial charge on any atom is 0.326 e. The normalized spacial score (nSPS) is 13.8. The lowest BCUT2D eigenvalue weighted by Gasteiger charge is -2.25. The van der Waals surface area contributed by atoms with Crippen LogP contribution in [0.2, 0.25) is 0 Å². The van der Waals surface area contributed by atoms with E-state index in [1.165, 1.54) is 11.8 Å². The van der Waals surface area contributed by atoms with Gasteiger partial charge in [0, 0.05) is 29.9 Å². The molecule has 4 unspecified atom stereocenters. The van der Waals surface area contributed by atoms with Crippen molar-refractivity contribution in [2.24, 2.45) is 5.73 Å².